The van der Waals surface area contributed by atoms with Crippen molar-refractivity contribution in [2.45, 2.75) is 26.2 Å². The SMILES string of the molecule is Cc1c(Cl)cc2c(c1CCN)NC(=O)CC2. The Labute approximate surface area is 100.0 Å². The van der Waals surface area contributed by atoms with E-state index in [0.717, 1.165) is 40.2 Å². The molecule has 3 nitrogen and oxygen atoms in total. The van der Waals surface area contributed by atoms with E-state index < -0.39 is 0 Å². The molecule has 4 heteroatoms. The lowest BCUT2D eigenvalue weighted by Crippen LogP contribution is -2.22. The van der Waals surface area contributed by atoms with Crippen molar-refractivity contribution >= 4 is 23.2 Å². The van der Waals surface area contributed by atoms with Gasteiger partial charge in [-0.05, 0) is 49.1 Å². The smallest absolute Gasteiger partial charge is 0.224 e. The number of amides is 1. The van der Waals surface area contributed by atoms with Crippen LogP contribution in [0.4, 0.5) is 5.69 Å². The molecule has 1 heterocycles. The van der Waals surface area contributed by atoms with Crippen LogP contribution in [0.3, 0.4) is 0 Å². The van der Waals surface area contributed by atoms with Crippen molar-refractivity contribution < 1.29 is 4.79 Å². The van der Waals surface area contributed by atoms with Gasteiger partial charge >= 0.3 is 0 Å². The summed E-state index contributed by atoms with van der Waals surface area (Å²) < 4.78 is 0. The first-order valence-corrected chi connectivity index (χ1v) is 5.82. The van der Waals surface area contributed by atoms with Gasteiger partial charge in [0, 0.05) is 17.1 Å². The Balaban J connectivity index is 2.55. The molecule has 0 fully saturated rings. The molecule has 0 saturated heterocycles. The van der Waals surface area contributed by atoms with Crippen LogP contribution >= 0.6 is 11.6 Å². The molecule has 1 aromatic carbocycles. The van der Waals surface area contributed by atoms with Crippen molar-refractivity contribution in [1.82, 2.24) is 0 Å². The van der Waals surface area contributed by atoms with Crippen LogP contribution in [-0.2, 0) is 17.6 Å². The highest BCUT2D eigenvalue weighted by molar-refractivity contribution is 6.31. The molecule has 3 N–H and O–H groups in total. The first-order chi connectivity index (χ1) is 7.63. The normalized spacial score (nSPS) is 14.6. The van der Waals surface area contributed by atoms with Crippen LogP contribution in [0.2, 0.25) is 5.02 Å². The maximum atomic E-state index is 11.4. The van der Waals surface area contributed by atoms with Crippen molar-refractivity contribution in [2.75, 3.05) is 11.9 Å². The van der Waals surface area contributed by atoms with Gasteiger partial charge in [-0.15, -0.1) is 0 Å². The zero-order valence-corrected chi connectivity index (χ0v) is 10.0. The Hall–Kier alpha value is -1.06. The van der Waals surface area contributed by atoms with Crippen molar-refractivity contribution in [1.29, 1.82) is 0 Å². The monoisotopic (exact) mass is 238 g/mol. The van der Waals surface area contributed by atoms with E-state index in [0.29, 0.717) is 13.0 Å². The zero-order valence-electron chi connectivity index (χ0n) is 9.27. The van der Waals surface area contributed by atoms with Crippen molar-refractivity contribution in [3.63, 3.8) is 0 Å². The molecular formula is C12H15ClN2O. The van der Waals surface area contributed by atoms with Crippen molar-refractivity contribution in [2.24, 2.45) is 5.73 Å². The van der Waals surface area contributed by atoms with E-state index in [9.17, 15) is 4.79 Å². The van der Waals surface area contributed by atoms with Gasteiger partial charge in [0.15, 0.2) is 0 Å². The van der Waals surface area contributed by atoms with Gasteiger partial charge in [0.2, 0.25) is 5.91 Å². The lowest BCUT2D eigenvalue weighted by molar-refractivity contribution is -0.116. The van der Waals surface area contributed by atoms with Crippen molar-refractivity contribution in [3.8, 4) is 0 Å². The number of halogens is 1. The Morgan fingerprint density at radius 1 is 1.50 bits per heavy atom. The number of hydrogen-bond acceptors (Lipinski definition) is 2. The maximum absolute atomic E-state index is 11.4. The Morgan fingerprint density at radius 2 is 2.25 bits per heavy atom. The lowest BCUT2D eigenvalue weighted by Gasteiger charge is -2.22. The third-order valence-electron chi connectivity index (χ3n) is 3.01. The van der Waals surface area contributed by atoms with Gasteiger partial charge in [0.1, 0.15) is 0 Å². The van der Waals surface area contributed by atoms with E-state index in [2.05, 4.69) is 5.32 Å². The number of nitrogens with one attached hydrogen (secondary N) is 1. The molecule has 0 atom stereocenters. The largest absolute Gasteiger partial charge is 0.330 e. The first-order valence-electron chi connectivity index (χ1n) is 5.44. The van der Waals surface area contributed by atoms with Gasteiger partial charge in [-0.25, -0.2) is 0 Å². The van der Waals surface area contributed by atoms with Crippen LogP contribution in [0.1, 0.15) is 23.1 Å². The summed E-state index contributed by atoms with van der Waals surface area (Å²) in [5.74, 6) is 0.0764. The molecule has 0 spiro atoms. The van der Waals surface area contributed by atoms with Crippen LogP contribution in [0.15, 0.2) is 6.07 Å². The molecule has 86 valence electrons. The molecule has 1 amide bonds. The highest BCUT2D eigenvalue weighted by atomic mass is 35.5. The predicted molar refractivity (Wildman–Crippen MR) is 65.9 cm³/mol. The molecule has 16 heavy (non-hydrogen) atoms. The molecule has 0 unspecified atom stereocenters. The third kappa shape index (κ3) is 1.93. The molecule has 0 bridgehead atoms. The number of nitrogens with two attached hydrogens (primary N) is 1. The second kappa shape index (κ2) is 4.44. The standard InChI is InChI=1S/C12H15ClN2O/c1-7-9(4-5-14)12-8(6-10(7)13)2-3-11(16)15-12/h6H,2-5,14H2,1H3,(H,15,16). The summed E-state index contributed by atoms with van der Waals surface area (Å²) in [6.45, 7) is 2.53. The average molecular weight is 239 g/mol. The average Bonchev–Trinajstić information content (AvgIpc) is 2.26. The van der Waals surface area contributed by atoms with E-state index in [1.54, 1.807) is 0 Å². The number of fused-ring (bicyclic) bond motifs is 1. The maximum Gasteiger partial charge on any atom is 0.224 e. The third-order valence-corrected chi connectivity index (χ3v) is 3.41. The molecule has 1 aliphatic heterocycles. The van der Waals surface area contributed by atoms with E-state index in [1.807, 2.05) is 13.0 Å². The summed E-state index contributed by atoms with van der Waals surface area (Å²) in [6.07, 6.45) is 2.04. The topological polar surface area (TPSA) is 55.1 Å². The van der Waals surface area contributed by atoms with Gasteiger partial charge in [-0.1, -0.05) is 11.6 Å². The summed E-state index contributed by atoms with van der Waals surface area (Å²) in [7, 11) is 0. The van der Waals surface area contributed by atoms with Gasteiger partial charge < -0.3 is 11.1 Å². The van der Waals surface area contributed by atoms with Crippen LogP contribution in [0, 0.1) is 6.92 Å². The van der Waals surface area contributed by atoms with Gasteiger partial charge in [0.25, 0.3) is 0 Å². The quantitative estimate of drug-likeness (QED) is 0.829. The lowest BCUT2D eigenvalue weighted by atomic mass is 9.94. The molecule has 1 aliphatic rings. The van der Waals surface area contributed by atoms with Crippen LogP contribution in [0.25, 0.3) is 0 Å². The fourth-order valence-electron chi connectivity index (χ4n) is 2.12. The van der Waals surface area contributed by atoms with E-state index >= 15 is 0 Å². The first kappa shape index (κ1) is 11.4. The van der Waals surface area contributed by atoms with Crippen LogP contribution < -0.4 is 11.1 Å². The Bertz CT molecular complexity index is 443. The fourth-order valence-corrected chi connectivity index (χ4v) is 2.36. The van der Waals surface area contributed by atoms with Gasteiger partial charge in [-0.3, -0.25) is 4.79 Å². The van der Waals surface area contributed by atoms with Crippen molar-refractivity contribution in [3.05, 3.63) is 27.8 Å². The molecule has 1 aromatic rings. The summed E-state index contributed by atoms with van der Waals surface area (Å²) >= 11 is 6.17. The Morgan fingerprint density at radius 3 is 2.94 bits per heavy atom. The van der Waals surface area contributed by atoms with Gasteiger partial charge in [-0.2, -0.15) is 0 Å². The minimum absolute atomic E-state index is 0.0764. The highest BCUT2D eigenvalue weighted by Crippen LogP contribution is 2.33. The highest BCUT2D eigenvalue weighted by Gasteiger charge is 2.20. The summed E-state index contributed by atoms with van der Waals surface area (Å²) in [5, 5.41) is 3.69. The zero-order chi connectivity index (χ0) is 11.7. The predicted octanol–water partition coefficient (Wildman–Crippen LogP) is 2.03. The molecular weight excluding hydrogens is 224 g/mol. The number of aryl methyl sites for hydroxylation is 1. The number of hydrogen-bond donors (Lipinski definition) is 2. The van der Waals surface area contributed by atoms with E-state index in [4.69, 9.17) is 17.3 Å². The minimum Gasteiger partial charge on any atom is -0.330 e. The molecule has 0 aliphatic carbocycles. The second-order valence-electron chi connectivity index (χ2n) is 4.08. The number of benzene rings is 1. The second-order valence-corrected chi connectivity index (χ2v) is 4.49. The van der Waals surface area contributed by atoms with E-state index in [1.165, 1.54) is 0 Å². The summed E-state index contributed by atoms with van der Waals surface area (Å²) in [5.41, 5.74) is 9.75. The van der Waals surface area contributed by atoms with Gasteiger partial charge in [0.05, 0.1) is 0 Å². The number of rotatable bonds is 2. The number of anilines is 1. The van der Waals surface area contributed by atoms with Crippen LogP contribution in [0.5, 0.6) is 0 Å². The fraction of sp³-hybridized carbons (Fsp3) is 0.417. The number of carbonyl (C=O) groups is 1. The van der Waals surface area contributed by atoms with Crippen LogP contribution in [-0.4, -0.2) is 12.5 Å². The molecule has 0 aromatic heterocycles. The summed E-state index contributed by atoms with van der Waals surface area (Å²) in [6, 6.07) is 1.95. The molecule has 2 rings (SSSR count). The molecule has 0 saturated carbocycles. The Kier molecular flexibility index (Phi) is 3.17. The van der Waals surface area contributed by atoms with E-state index in [-0.39, 0.29) is 5.91 Å². The summed E-state index contributed by atoms with van der Waals surface area (Å²) in [4.78, 5) is 11.4. The number of carbonyl (C=O) groups excluding carboxylic acids is 1. The minimum atomic E-state index is 0.0764. The molecule has 0 radical (unpaired) electrons.